The minimum Gasteiger partial charge on any atom is -0.383 e. The summed E-state index contributed by atoms with van der Waals surface area (Å²) in [5, 5.41) is 20.9. The second-order valence-corrected chi connectivity index (χ2v) is 20.2. The highest BCUT2D eigenvalue weighted by Crippen LogP contribution is 2.68. The van der Waals surface area contributed by atoms with E-state index in [0.717, 1.165) is 71.8 Å². The fraction of sp³-hybridized carbons (Fsp3) is 0.379. The van der Waals surface area contributed by atoms with E-state index in [-0.39, 0.29) is 11.5 Å². The first kappa shape index (κ1) is 39.5. The molecule has 5 aromatic carbocycles. The zero-order valence-electron chi connectivity index (χ0n) is 36.7. The van der Waals surface area contributed by atoms with Crippen LogP contribution in [0.1, 0.15) is 102 Å². The third-order valence-corrected chi connectivity index (χ3v) is 17.3. The van der Waals surface area contributed by atoms with Gasteiger partial charge in [0.15, 0.2) is 6.54 Å². The van der Waals surface area contributed by atoms with E-state index in [1.807, 2.05) is 0 Å². The van der Waals surface area contributed by atoms with Gasteiger partial charge < -0.3 is 5.11 Å². The molecule has 6 aromatic rings. The van der Waals surface area contributed by atoms with Crippen molar-refractivity contribution in [1.29, 1.82) is 0 Å². The number of pyridine rings is 1. The van der Waals surface area contributed by atoms with Gasteiger partial charge in [-0.25, -0.2) is 0 Å². The number of aromatic nitrogens is 1. The first-order chi connectivity index (χ1) is 30.3. The number of hydrogen-bond acceptors (Lipinski definition) is 3. The van der Waals surface area contributed by atoms with Crippen molar-refractivity contribution < 1.29 is 9.67 Å². The van der Waals surface area contributed by atoms with Crippen LogP contribution in [0.5, 0.6) is 0 Å². The maximum Gasteiger partial charge on any atom is 0.213 e. The average Bonchev–Trinajstić information content (AvgIpc) is 3.89. The Morgan fingerprint density at radius 3 is 1.82 bits per heavy atom. The predicted molar refractivity (Wildman–Crippen MR) is 253 cm³/mol. The highest BCUT2D eigenvalue weighted by Gasteiger charge is 2.65. The van der Waals surface area contributed by atoms with Gasteiger partial charge in [0.25, 0.3) is 0 Å². The Morgan fingerprint density at radius 1 is 0.581 bits per heavy atom. The van der Waals surface area contributed by atoms with Crippen LogP contribution in [0.25, 0.3) is 33.6 Å². The number of hydrazone groups is 1. The molecule has 314 valence electrons. The molecular weight excluding hydrogens is 755 g/mol. The van der Waals surface area contributed by atoms with Gasteiger partial charge in [-0.3, -0.25) is 5.01 Å². The summed E-state index contributed by atoms with van der Waals surface area (Å²) >= 11 is 0. The summed E-state index contributed by atoms with van der Waals surface area (Å²) in [6.45, 7) is 5.75. The SMILES string of the molecule is CC12CCCCC1CCC1C2CCC2(C)C1CCC2(O)C[n+]1c(-c2ccccc2)cc(-c2ccc(N3N=C(c4ccccc4)CC3c3ccccc3)cc2)cc1-c1ccccc1. The van der Waals surface area contributed by atoms with Gasteiger partial charge in [-0.05, 0) is 139 Å². The molecule has 1 aliphatic heterocycles. The van der Waals surface area contributed by atoms with E-state index in [2.05, 4.69) is 181 Å². The van der Waals surface area contributed by atoms with Crippen LogP contribution >= 0.6 is 0 Å². The van der Waals surface area contributed by atoms with Crippen LogP contribution in [0.15, 0.2) is 163 Å². The lowest BCUT2D eigenvalue weighted by molar-refractivity contribution is -0.692. The highest BCUT2D eigenvalue weighted by molar-refractivity contribution is 6.03. The Balaban J connectivity index is 0.974. The van der Waals surface area contributed by atoms with Crippen LogP contribution < -0.4 is 9.58 Å². The monoisotopic (exact) mass is 816 g/mol. The maximum atomic E-state index is 13.4. The molecule has 5 aliphatic rings. The van der Waals surface area contributed by atoms with E-state index in [1.54, 1.807) is 0 Å². The lowest BCUT2D eigenvalue weighted by Gasteiger charge is -2.61. The van der Waals surface area contributed by atoms with Crippen LogP contribution in [0.4, 0.5) is 5.69 Å². The predicted octanol–water partition coefficient (Wildman–Crippen LogP) is 13.5. The van der Waals surface area contributed by atoms with Crippen LogP contribution in [-0.4, -0.2) is 16.4 Å². The molecule has 0 radical (unpaired) electrons. The van der Waals surface area contributed by atoms with E-state index in [1.165, 1.54) is 72.8 Å². The third-order valence-electron chi connectivity index (χ3n) is 17.3. The van der Waals surface area contributed by atoms with E-state index in [9.17, 15) is 5.11 Å². The van der Waals surface area contributed by atoms with Gasteiger partial charge >= 0.3 is 0 Å². The summed E-state index contributed by atoms with van der Waals surface area (Å²) < 4.78 is 2.50. The molecule has 8 atom stereocenters. The smallest absolute Gasteiger partial charge is 0.213 e. The Hall–Kier alpha value is -5.32. The number of fused-ring (bicyclic) bond motifs is 5. The number of rotatable bonds is 8. The minimum atomic E-state index is -0.808. The highest BCUT2D eigenvalue weighted by atomic mass is 16.3. The molecule has 2 heterocycles. The maximum absolute atomic E-state index is 13.4. The molecule has 0 amide bonds. The summed E-state index contributed by atoms with van der Waals surface area (Å²) in [7, 11) is 0. The molecule has 4 nitrogen and oxygen atoms in total. The molecule has 11 rings (SSSR count). The fourth-order valence-electron chi connectivity index (χ4n) is 13.9. The van der Waals surface area contributed by atoms with Gasteiger partial charge in [0, 0.05) is 35.1 Å². The topological polar surface area (TPSA) is 39.7 Å². The first-order valence-electron chi connectivity index (χ1n) is 23.8. The molecule has 4 saturated carbocycles. The summed E-state index contributed by atoms with van der Waals surface area (Å²) in [4.78, 5) is 0. The zero-order chi connectivity index (χ0) is 41.9. The number of benzene rings is 5. The molecule has 0 saturated heterocycles. The van der Waals surface area contributed by atoms with Crippen LogP contribution in [0.2, 0.25) is 0 Å². The Kier molecular flexibility index (Phi) is 10.1. The second kappa shape index (κ2) is 15.8. The van der Waals surface area contributed by atoms with E-state index < -0.39 is 5.60 Å². The lowest BCUT2D eigenvalue weighted by atomic mass is 9.44. The lowest BCUT2D eigenvalue weighted by Crippen LogP contribution is -2.60. The third kappa shape index (κ3) is 6.67. The van der Waals surface area contributed by atoms with Gasteiger partial charge in [-0.15, -0.1) is 0 Å². The van der Waals surface area contributed by atoms with E-state index >= 15 is 0 Å². The van der Waals surface area contributed by atoms with Gasteiger partial charge in [-0.1, -0.05) is 136 Å². The summed E-state index contributed by atoms with van der Waals surface area (Å²) in [6.07, 6.45) is 13.7. The average molecular weight is 817 g/mol. The van der Waals surface area contributed by atoms with Crippen LogP contribution in [-0.2, 0) is 6.54 Å². The van der Waals surface area contributed by atoms with Crippen molar-refractivity contribution in [2.24, 2.45) is 39.6 Å². The van der Waals surface area contributed by atoms with E-state index in [4.69, 9.17) is 5.10 Å². The normalized spacial score (nSPS) is 30.3. The van der Waals surface area contributed by atoms with Crippen molar-refractivity contribution in [1.82, 2.24) is 0 Å². The molecule has 0 spiro atoms. The van der Waals surface area contributed by atoms with Crippen molar-refractivity contribution in [3.05, 3.63) is 169 Å². The molecular formula is C58H62N3O+. The summed E-state index contributed by atoms with van der Waals surface area (Å²) in [5.41, 5.74) is 11.2. The Morgan fingerprint density at radius 2 is 1.18 bits per heavy atom. The molecule has 1 aromatic heterocycles. The summed E-state index contributed by atoms with van der Waals surface area (Å²) in [6, 6.07) is 57.1. The largest absolute Gasteiger partial charge is 0.383 e. The number of anilines is 1. The minimum absolute atomic E-state index is 0.116. The molecule has 4 aliphatic carbocycles. The molecule has 4 heteroatoms. The van der Waals surface area contributed by atoms with Gasteiger partial charge in [0.2, 0.25) is 11.4 Å². The first-order valence-corrected chi connectivity index (χ1v) is 23.8. The van der Waals surface area contributed by atoms with Crippen LogP contribution in [0.3, 0.4) is 0 Å². The van der Waals surface area contributed by atoms with Crippen molar-refractivity contribution in [2.45, 2.75) is 103 Å². The number of aliphatic hydroxyl groups is 1. The Labute approximate surface area is 369 Å². The Bertz CT molecular complexity index is 2500. The van der Waals surface area contributed by atoms with Crippen molar-refractivity contribution in [3.63, 3.8) is 0 Å². The molecule has 4 fully saturated rings. The summed E-state index contributed by atoms with van der Waals surface area (Å²) in [5.74, 6) is 3.03. The van der Waals surface area contributed by atoms with Crippen LogP contribution in [0, 0.1) is 34.5 Å². The molecule has 8 unspecified atom stereocenters. The number of nitrogens with zero attached hydrogens (tertiary/aromatic N) is 3. The van der Waals surface area contributed by atoms with Gasteiger partial charge in [0.05, 0.1) is 17.4 Å². The number of hydrogen-bond donors (Lipinski definition) is 1. The standard InChI is InChI=1S/C58H62N3O/c1-56-34-16-15-25-47(56)28-31-49-50(56)32-35-57(2)51(49)33-36-58(57,62)40-60-53(43-19-9-4-10-20-43)37-46(38-54(60)44-21-11-5-12-22-44)41-26-29-48(30-27-41)61-55(45-23-13-6-14-24-45)39-52(59-61)42-17-7-3-8-18-42/h3-14,17-24,26-27,29-30,37-38,47,49-51,55,62H,15-16,25,28,31-36,39-40H2,1-2H3/q+1. The molecule has 62 heavy (non-hydrogen) atoms. The van der Waals surface area contributed by atoms with Crippen molar-refractivity contribution >= 4 is 11.4 Å². The van der Waals surface area contributed by atoms with Gasteiger partial charge in [-0.2, -0.15) is 9.67 Å². The fourth-order valence-corrected chi connectivity index (χ4v) is 13.9. The van der Waals surface area contributed by atoms with Gasteiger partial charge in [0.1, 0.15) is 5.60 Å². The van der Waals surface area contributed by atoms with E-state index in [0.29, 0.717) is 17.9 Å². The van der Waals surface area contributed by atoms with Crippen molar-refractivity contribution in [3.8, 4) is 33.6 Å². The van der Waals surface area contributed by atoms with Crippen molar-refractivity contribution in [2.75, 3.05) is 5.01 Å². The second-order valence-electron chi connectivity index (χ2n) is 20.2. The molecule has 0 bridgehead atoms. The zero-order valence-corrected chi connectivity index (χ0v) is 36.7. The quantitative estimate of drug-likeness (QED) is 0.155. The molecule has 1 N–H and O–H groups in total.